The van der Waals surface area contributed by atoms with Gasteiger partial charge in [-0.3, -0.25) is 14.4 Å². The standard InChI is InChI=1S/C32H45N5O5S/c1-24-23-43-29(30(40)35-14-16-36(17-15-35)31(41)42-32(2,3)4)28(24)34-27(39)22-37(18-10-5-6-11-19-37)21-26(38)33-20-25-12-8-7-9-13-25/h7-9,12-13,23H,5-6,10-11,14-22H2,1-4H3,(H-,33,34,38,39,40)/p+1. The summed E-state index contributed by atoms with van der Waals surface area (Å²) in [7, 11) is 0. The van der Waals surface area contributed by atoms with E-state index < -0.39 is 5.60 Å². The number of carbonyl (C=O) groups excluding carboxylic acids is 4. The van der Waals surface area contributed by atoms with Crippen molar-refractivity contribution in [3.05, 3.63) is 51.7 Å². The topological polar surface area (TPSA) is 108 Å². The lowest BCUT2D eigenvalue weighted by Gasteiger charge is -2.36. The first-order valence-electron chi connectivity index (χ1n) is 15.3. The molecule has 1 aromatic heterocycles. The van der Waals surface area contributed by atoms with E-state index in [0.717, 1.165) is 49.9 Å². The number of nitrogens with zero attached hydrogens (tertiary/aromatic N) is 3. The summed E-state index contributed by atoms with van der Waals surface area (Å²) < 4.78 is 5.88. The van der Waals surface area contributed by atoms with E-state index in [1.165, 1.54) is 11.3 Å². The molecule has 43 heavy (non-hydrogen) atoms. The minimum atomic E-state index is -0.578. The highest BCUT2D eigenvalue weighted by Crippen LogP contribution is 2.30. The number of nitrogens with one attached hydrogen (secondary N) is 2. The minimum absolute atomic E-state index is 0.0633. The Hall–Kier alpha value is -3.44. The van der Waals surface area contributed by atoms with Gasteiger partial charge in [0.2, 0.25) is 0 Å². The second kappa shape index (κ2) is 14.4. The molecule has 0 spiro atoms. The van der Waals surface area contributed by atoms with Crippen LogP contribution in [0.15, 0.2) is 35.7 Å². The van der Waals surface area contributed by atoms with Gasteiger partial charge in [0, 0.05) is 32.7 Å². The SMILES string of the molecule is Cc1csc(C(=O)N2CCN(C(=O)OC(C)(C)C)CC2)c1NC(=O)C[N+]1(CC(=O)NCc2ccccc2)CCCCCC1. The van der Waals surface area contributed by atoms with Gasteiger partial charge in [0.15, 0.2) is 13.1 Å². The van der Waals surface area contributed by atoms with Gasteiger partial charge in [-0.05, 0) is 69.9 Å². The van der Waals surface area contributed by atoms with Gasteiger partial charge in [-0.2, -0.15) is 0 Å². The number of piperazine rings is 1. The van der Waals surface area contributed by atoms with Crippen LogP contribution in [0.5, 0.6) is 0 Å². The molecule has 2 aliphatic rings. The number of thiophene rings is 1. The highest BCUT2D eigenvalue weighted by molar-refractivity contribution is 7.13. The Labute approximate surface area is 258 Å². The molecular formula is C32H46N5O5S+. The molecule has 0 saturated carbocycles. The quantitative estimate of drug-likeness (QED) is 0.430. The van der Waals surface area contributed by atoms with Gasteiger partial charge in [0.1, 0.15) is 10.5 Å². The zero-order valence-electron chi connectivity index (χ0n) is 25.9. The van der Waals surface area contributed by atoms with Crippen molar-refractivity contribution in [2.45, 2.75) is 65.5 Å². The maximum absolute atomic E-state index is 13.6. The summed E-state index contributed by atoms with van der Waals surface area (Å²) in [5.74, 6) is -0.411. The monoisotopic (exact) mass is 612 g/mol. The lowest BCUT2D eigenvalue weighted by molar-refractivity contribution is -0.912. The van der Waals surface area contributed by atoms with Crippen molar-refractivity contribution in [3.8, 4) is 0 Å². The highest BCUT2D eigenvalue weighted by atomic mass is 32.1. The van der Waals surface area contributed by atoms with Crippen LogP contribution in [0.25, 0.3) is 0 Å². The Morgan fingerprint density at radius 1 is 0.884 bits per heavy atom. The van der Waals surface area contributed by atoms with E-state index in [-0.39, 0.29) is 36.9 Å². The second-order valence-corrected chi connectivity index (χ2v) is 13.6. The number of hydrogen-bond donors (Lipinski definition) is 2. The van der Waals surface area contributed by atoms with Crippen LogP contribution in [0.2, 0.25) is 0 Å². The summed E-state index contributed by atoms with van der Waals surface area (Å²) in [5, 5.41) is 7.96. The van der Waals surface area contributed by atoms with Crippen LogP contribution in [0, 0.1) is 6.92 Å². The molecule has 2 N–H and O–H groups in total. The Morgan fingerprint density at radius 3 is 2.12 bits per heavy atom. The van der Waals surface area contributed by atoms with E-state index in [1.54, 1.807) is 9.80 Å². The fraction of sp³-hybridized carbons (Fsp3) is 0.562. The number of aryl methyl sites for hydroxylation is 1. The maximum atomic E-state index is 13.6. The van der Waals surface area contributed by atoms with E-state index in [1.807, 2.05) is 63.4 Å². The molecule has 0 unspecified atom stereocenters. The summed E-state index contributed by atoms with van der Waals surface area (Å²) in [6.07, 6.45) is 3.75. The molecule has 4 rings (SSSR count). The average Bonchev–Trinajstić information content (AvgIpc) is 3.16. The Kier molecular flexibility index (Phi) is 10.8. The van der Waals surface area contributed by atoms with Gasteiger partial charge in [-0.15, -0.1) is 11.3 Å². The van der Waals surface area contributed by atoms with Crippen LogP contribution in [-0.2, 0) is 20.9 Å². The fourth-order valence-electron chi connectivity index (χ4n) is 5.69. The van der Waals surface area contributed by atoms with Gasteiger partial charge < -0.3 is 29.7 Å². The summed E-state index contributed by atoms with van der Waals surface area (Å²) in [4.78, 5) is 56.4. The summed E-state index contributed by atoms with van der Waals surface area (Å²) in [5.41, 5.74) is 1.83. The Bertz CT molecular complexity index is 1270. The predicted molar refractivity (Wildman–Crippen MR) is 168 cm³/mol. The molecule has 1 aromatic carbocycles. The van der Waals surface area contributed by atoms with E-state index in [2.05, 4.69) is 10.6 Å². The van der Waals surface area contributed by atoms with Gasteiger partial charge >= 0.3 is 6.09 Å². The third-order valence-electron chi connectivity index (χ3n) is 7.96. The molecular weight excluding hydrogens is 566 g/mol. The number of rotatable bonds is 8. The number of likely N-dealkylation sites (tertiary alicyclic amines) is 1. The summed E-state index contributed by atoms with van der Waals surface area (Å²) >= 11 is 1.32. The zero-order valence-corrected chi connectivity index (χ0v) is 26.8. The van der Waals surface area contributed by atoms with Crippen molar-refractivity contribution < 1.29 is 28.4 Å². The maximum Gasteiger partial charge on any atom is 0.410 e. The molecule has 11 heteroatoms. The lowest BCUT2D eigenvalue weighted by atomic mass is 10.2. The van der Waals surface area contributed by atoms with Gasteiger partial charge in [-0.1, -0.05) is 30.3 Å². The third kappa shape index (κ3) is 9.27. The van der Waals surface area contributed by atoms with E-state index in [4.69, 9.17) is 4.74 Å². The van der Waals surface area contributed by atoms with E-state index >= 15 is 0 Å². The van der Waals surface area contributed by atoms with Crippen LogP contribution >= 0.6 is 11.3 Å². The predicted octanol–water partition coefficient (Wildman–Crippen LogP) is 4.40. The smallest absolute Gasteiger partial charge is 0.410 e. The van der Waals surface area contributed by atoms with Gasteiger partial charge in [-0.25, -0.2) is 4.79 Å². The zero-order chi connectivity index (χ0) is 31.0. The number of benzene rings is 1. The summed E-state index contributed by atoms with van der Waals surface area (Å²) in [6, 6.07) is 9.80. The molecule has 0 aliphatic carbocycles. The van der Waals surface area contributed by atoms with Crippen LogP contribution in [-0.4, -0.2) is 96.1 Å². The lowest BCUT2D eigenvalue weighted by Crippen LogP contribution is -2.57. The van der Waals surface area contributed by atoms with Gasteiger partial charge in [0.05, 0.1) is 18.8 Å². The first kappa shape index (κ1) is 32.5. The number of carbonyl (C=O) groups is 4. The van der Waals surface area contributed by atoms with E-state index in [0.29, 0.717) is 47.8 Å². The molecule has 234 valence electrons. The van der Waals surface area contributed by atoms with Crippen molar-refractivity contribution >= 4 is 40.8 Å². The second-order valence-electron chi connectivity index (χ2n) is 12.7. The van der Waals surface area contributed by atoms with Crippen molar-refractivity contribution in [1.82, 2.24) is 15.1 Å². The molecule has 10 nitrogen and oxygen atoms in total. The average molecular weight is 613 g/mol. The number of hydrogen-bond acceptors (Lipinski definition) is 6. The number of anilines is 1. The molecule has 2 aliphatic heterocycles. The van der Waals surface area contributed by atoms with Crippen LogP contribution < -0.4 is 10.6 Å². The molecule has 2 saturated heterocycles. The van der Waals surface area contributed by atoms with Crippen molar-refractivity contribution in [1.29, 1.82) is 0 Å². The normalized spacial score (nSPS) is 17.1. The highest BCUT2D eigenvalue weighted by Gasteiger charge is 2.35. The Balaban J connectivity index is 1.38. The molecule has 0 atom stereocenters. The van der Waals surface area contributed by atoms with Crippen LogP contribution in [0.3, 0.4) is 0 Å². The number of amides is 4. The first-order valence-corrected chi connectivity index (χ1v) is 16.1. The van der Waals surface area contributed by atoms with Crippen molar-refractivity contribution in [2.75, 3.05) is 57.7 Å². The fourth-order valence-corrected chi connectivity index (χ4v) is 6.66. The summed E-state index contributed by atoms with van der Waals surface area (Å²) in [6.45, 7) is 11.3. The van der Waals surface area contributed by atoms with Gasteiger partial charge in [0.25, 0.3) is 17.7 Å². The molecule has 0 radical (unpaired) electrons. The van der Waals surface area contributed by atoms with Crippen LogP contribution in [0.4, 0.5) is 10.5 Å². The van der Waals surface area contributed by atoms with Crippen LogP contribution in [0.1, 0.15) is 67.3 Å². The molecule has 0 bridgehead atoms. The largest absolute Gasteiger partial charge is 0.444 e. The third-order valence-corrected chi connectivity index (χ3v) is 9.04. The number of quaternary nitrogens is 1. The molecule has 2 aromatic rings. The minimum Gasteiger partial charge on any atom is -0.444 e. The number of ether oxygens (including phenoxy) is 1. The Morgan fingerprint density at radius 2 is 1.49 bits per heavy atom. The van der Waals surface area contributed by atoms with Crippen molar-refractivity contribution in [3.63, 3.8) is 0 Å². The van der Waals surface area contributed by atoms with Crippen molar-refractivity contribution in [2.24, 2.45) is 0 Å². The molecule has 2 fully saturated rings. The molecule has 3 heterocycles. The van der Waals surface area contributed by atoms with E-state index in [9.17, 15) is 19.2 Å². The molecule has 4 amide bonds. The first-order chi connectivity index (χ1) is 20.4.